The molecule has 1 saturated heterocycles. The van der Waals surface area contributed by atoms with E-state index in [1.165, 1.54) is 12.8 Å². The zero-order valence-electron chi connectivity index (χ0n) is 11.4. The maximum absolute atomic E-state index is 6.04. The summed E-state index contributed by atoms with van der Waals surface area (Å²) < 4.78 is 0. The third-order valence-electron chi connectivity index (χ3n) is 3.97. The van der Waals surface area contributed by atoms with Gasteiger partial charge in [0.25, 0.3) is 0 Å². The van der Waals surface area contributed by atoms with Crippen LogP contribution in [0.1, 0.15) is 18.4 Å². The fraction of sp³-hybridized carbons (Fsp3) is 0.692. The maximum atomic E-state index is 6.04. The van der Waals surface area contributed by atoms with Gasteiger partial charge in [-0.15, -0.1) is 0 Å². The van der Waals surface area contributed by atoms with Crippen molar-refractivity contribution in [3.8, 4) is 0 Å². The zero-order chi connectivity index (χ0) is 13.4. The van der Waals surface area contributed by atoms with Crippen LogP contribution in [0.2, 0.25) is 0 Å². The normalized spacial score (nSPS) is 19.5. The topological polar surface area (TPSA) is 93.1 Å². The summed E-state index contributed by atoms with van der Waals surface area (Å²) in [6, 6.07) is 0. The first-order valence-corrected chi connectivity index (χ1v) is 6.98. The van der Waals surface area contributed by atoms with E-state index in [1.54, 1.807) is 0 Å². The molecule has 0 unspecified atom stereocenters. The largest absolute Gasteiger partial charge is 0.383 e. The lowest BCUT2D eigenvalue weighted by Gasteiger charge is -2.41. The Morgan fingerprint density at radius 1 is 1.21 bits per heavy atom. The van der Waals surface area contributed by atoms with E-state index >= 15 is 0 Å². The molecule has 19 heavy (non-hydrogen) atoms. The molecule has 0 bridgehead atoms. The SMILES string of the molecule is CNCC1CN(c2nc(N)nc(N)c2CC2CC2)C1. The van der Waals surface area contributed by atoms with Crippen molar-refractivity contribution < 1.29 is 0 Å². The average molecular weight is 262 g/mol. The van der Waals surface area contributed by atoms with Gasteiger partial charge in [0.2, 0.25) is 5.95 Å². The standard InChI is InChI=1S/C13H22N6/c1-16-5-9-6-19(7-9)12-10(4-8-2-3-8)11(14)17-13(15)18-12/h8-9,16H,2-7H2,1H3,(H4,14,15,17,18). The fourth-order valence-corrected chi connectivity index (χ4v) is 2.74. The lowest BCUT2D eigenvalue weighted by atomic mass is 9.98. The summed E-state index contributed by atoms with van der Waals surface area (Å²) >= 11 is 0. The summed E-state index contributed by atoms with van der Waals surface area (Å²) in [6.45, 7) is 3.09. The smallest absolute Gasteiger partial charge is 0.223 e. The first kappa shape index (κ1) is 12.5. The van der Waals surface area contributed by atoms with Gasteiger partial charge in [-0.2, -0.15) is 9.97 Å². The number of hydrogen-bond acceptors (Lipinski definition) is 6. The van der Waals surface area contributed by atoms with Crippen LogP contribution in [0.3, 0.4) is 0 Å². The van der Waals surface area contributed by atoms with Gasteiger partial charge in [0.1, 0.15) is 11.6 Å². The number of anilines is 3. The number of nitrogens with one attached hydrogen (secondary N) is 1. The summed E-state index contributed by atoms with van der Waals surface area (Å²) in [7, 11) is 1.99. The van der Waals surface area contributed by atoms with Crippen molar-refractivity contribution >= 4 is 17.6 Å². The molecule has 1 aromatic heterocycles. The molecule has 6 nitrogen and oxygen atoms in total. The van der Waals surface area contributed by atoms with Crippen molar-refractivity contribution in [2.45, 2.75) is 19.3 Å². The van der Waals surface area contributed by atoms with E-state index in [0.717, 1.165) is 43.4 Å². The Labute approximate surface area is 113 Å². The maximum Gasteiger partial charge on any atom is 0.223 e. The molecule has 5 N–H and O–H groups in total. The molecule has 0 amide bonds. The number of hydrogen-bond donors (Lipinski definition) is 3. The number of aromatic nitrogens is 2. The second kappa shape index (κ2) is 4.85. The number of nitrogen functional groups attached to an aromatic ring is 2. The molecular weight excluding hydrogens is 240 g/mol. The predicted octanol–water partition coefficient (Wildman–Crippen LogP) is 0.249. The van der Waals surface area contributed by atoms with Crippen LogP contribution in [0.15, 0.2) is 0 Å². The van der Waals surface area contributed by atoms with E-state index in [9.17, 15) is 0 Å². The van der Waals surface area contributed by atoms with Gasteiger partial charge in [-0.3, -0.25) is 0 Å². The summed E-state index contributed by atoms with van der Waals surface area (Å²) in [5.41, 5.74) is 12.9. The van der Waals surface area contributed by atoms with Crippen molar-refractivity contribution in [1.82, 2.24) is 15.3 Å². The van der Waals surface area contributed by atoms with Gasteiger partial charge in [-0.25, -0.2) is 0 Å². The Hall–Kier alpha value is -1.56. The van der Waals surface area contributed by atoms with Crippen LogP contribution in [0.5, 0.6) is 0 Å². The summed E-state index contributed by atoms with van der Waals surface area (Å²) in [6.07, 6.45) is 3.59. The predicted molar refractivity (Wildman–Crippen MR) is 76.9 cm³/mol. The molecule has 0 radical (unpaired) electrons. The van der Waals surface area contributed by atoms with Gasteiger partial charge in [0, 0.05) is 31.1 Å². The van der Waals surface area contributed by atoms with Gasteiger partial charge in [0.15, 0.2) is 0 Å². The first-order valence-electron chi connectivity index (χ1n) is 6.98. The zero-order valence-corrected chi connectivity index (χ0v) is 11.4. The van der Waals surface area contributed by atoms with Crippen molar-refractivity contribution in [1.29, 1.82) is 0 Å². The van der Waals surface area contributed by atoms with Gasteiger partial charge in [-0.1, -0.05) is 0 Å². The van der Waals surface area contributed by atoms with Crippen LogP contribution in [0, 0.1) is 11.8 Å². The molecule has 1 aromatic rings. The fourth-order valence-electron chi connectivity index (χ4n) is 2.74. The molecule has 1 aliphatic carbocycles. The lowest BCUT2D eigenvalue weighted by Crippen LogP contribution is -2.51. The van der Waals surface area contributed by atoms with Crippen molar-refractivity contribution in [2.24, 2.45) is 11.8 Å². The van der Waals surface area contributed by atoms with E-state index < -0.39 is 0 Å². The molecule has 1 aliphatic heterocycles. The van der Waals surface area contributed by atoms with Crippen LogP contribution >= 0.6 is 0 Å². The van der Waals surface area contributed by atoms with Gasteiger partial charge >= 0.3 is 0 Å². The Morgan fingerprint density at radius 3 is 2.58 bits per heavy atom. The molecule has 0 atom stereocenters. The van der Waals surface area contributed by atoms with Crippen LogP contribution in [0.25, 0.3) is 0 Å². The molecule has 0 spiro atoms. The van der Waals surface area contributed by atoms with Crippen molar-refractivity contribution in [2.75, 3.05) is 43.0 Å². The highest BCUT2D eigenvalue weighted by atomic mass is 15.3. The molecule has 2 aliphatic rings. The van der Waals surface area contributed by atoms with Gasteiger partial charge < -0.3 is 21.7 Å². The minimum Gasteiger partial charge on any atom is -0.383 e. The molecule has 6 heteroatoms. The molecular formula is C13H22N6. The van der Waals surface area contributed by atoms with E-state index in [-0.39, 0.29) is 5.95 Å². The highest BCUT2D eigenvalue weighted by Gasteiger charge is 2.32. The number of nitrogens with two attached hydrogens (primary N) is 2. The second-order valence-electron chi connectivity index (χ2n) is 5.75. The van der Waals surface area contributed by atoms with E-state index in [0.29, 0.717) is 11.7 Å². The van der Waals surface area contributed by atoms with Crippen LogP contribution in [0.4, 0.5) is 17.6 Å². The second-order valence-corrected chi connectivity index (χ2v) is 5.75. The first-order chi connectivity index (χ1) is 9.17. The minimum atomic E-state index is 0.282. The third kappa shape index (κ3) is 2.58. The van der Waals surface area contributed by atoms with Crippen LogP contribution in [-0.4, -0.2) is 36.6 Å². The Morgan fingerprint density at radius 2 is 1.95 bits per heavy atom. The Kier molecular flexibility index (Phi) is 3.18. The van der Waals surface area contributed by atoms with Crippen LogP contribution < -0.4 is 21.7 Å². The van der Waals surface area contributed by atoms with Crippen molar-refractivity contribution in [3.63, 3.8) is 0 Å². The van der Waals surface area contributed by atoms with E-state index in [1.807, 2.05) is 7.05 Å². The van der Waals surface area contributed by atoms with Gasteiger partial charge in [-0.05, 0) is 32.2 Å². The summed E-state index contributed by atoms with van der Waals surface area (Å²) in [5, 5.41) is 3.21. The van der Waals surface area contributed by atoms with E-state index in [4.69, 9.17) is 11.5 Å². The molecule has 0 aromatic carbocycles. The Bertz CT molecular complexity index is 464. The third-order valence-corrected chi connectivity index (χ3v) is 3.97. The minimum absolute atomic E-state index is 0.282. The highest BCUT2D eigenvalue weighted by molar-refractivity contribution is 5.61. The summed E-state index contributed by atoms with van der Waals surface area (Å²) in [4.78, 5) is 10.8. The molecule has 2 fully saturated rings. The van der Waals surface area contributed by atoms with Crippen LogP contribution in [-0.2, 0) is 6.42 Å². The van der Waals surface area contributed by atoms with Crippen molar-refractivity contribution in [3.05, 3.63) is 5.56 Å². The molecule has 2 heterocycles. The number of nitrogens with zero attached hydrogens (tertiary/aromatic N) is 3. The lowest BCUT2D eigenvalue weighted by molar-refractivity contribution is 0.393. The average Bonchev–Trinajstić information content (AvgIpc) is 3.10. The molecule has 3 rings (SSSR count). The van der Waals surface area contributed by atoms with E-state index in [2.05, 4.69) is 20.2 Å². The summed E-state index contributed by atoms with van der Waals surface area (Å²) in [5.74, 6) is 3.26. The Balaban J connectivity index is 1.79. The monoisotopic (exact) mass is 262 g/mol. The van der Waals surface area contributed by atoms with Gasteiger partial charge in [0.05, 0.1) is 0 Å². The molecule has 104 valence electrons. The quantitative estimate of drug-likeness (QED) is 0.704. The highest BCUT2D eigenvalue weighted by Crippen LogP contribution is 2.38. The number of rotatable bonds is 5. The molecule has 1 saturated carbocycles.